The van der Waals surface area contributed by atoms with Crippen LogP contribution in [0.4, 0.5) is 5.69 Å². The van der Waals surface area contributed by atoms with Crippen LogP contribution in [-0.4, -0.2) is 63.1 Å². The number of carbonyl (C=O) groups is 1. The van der Waals surface area contributed by atoms with Gasteiger partial charge in [0, 0.05) is 39.0 Å². The van der Waals surface area contributed by atoms with Crippen molar-refractivity contribution in [3.05, 3.63) is 59.7 Å². The molecule has 0 radical (unpaired) electrons. The lowest BCUT2D eigenvalue weighted by atomic mass is 10.1. The van der Waals surface area contributed by atoms with Crippen LogP contribution in [-0.2, 0) is 21.2 Å². The Balaban J connectivity index is 1.51. The summed E-state index contributed by atoms with van der Waals surface area (Å²) < 4.78 is 23.7. The van der Waals surface area contributed by atoms with E-state index in [2.05, 4.69) is 46.3 Å². The first-order valence-corrected chi connectivity index (χ1v) is 11.3. The molecule has 150 valence electrons. The molecule has 1 aliphatic heterocycles. The summed E-state index contributed by atoms with van der Waals surface area (Å²) in [6.07, 6.45) is 1.14. The molecule has 1 amide bonds. The predicted octanol–water partition coefficient (Wildman–Crippen LogP) is 2.15. The zero-order chi connectivity index (χ0) is 20.1. The lowest BCUT2D eigenvalue weighted by Gasteiger charge is -2.34. The minimum atomic E-state index is -3.39. The summed E-state index contributed by atoms with van der Waals surface area (Å²) in [5, 5.41) is 2.75. The topological polar surface area (TPSA) is 69.7 Å². The molecule has 1 fully saturated rings. The predicted molar refractivity (Wildman–Crippen MR) is 111 cm³/mol. The van der Waals surface area contributed by atoms with E-state index in [1.807, 2.05) is 0 Å². The molecule has 1 N–H and O–H groups in total. The number of anilines is 1. The first kappa shape index (κ1) is 20.5. The third-order valence-corrected chi connectivity index (χ3v) is 6.04. The van der Waals surface area contributed by atoms with Crippen LogP contribution in [0.5, 0.6) is 0 Å². The van der Waals surface area contributed by atoms with Crippen LogP contribution in [0.15, 0.2) is 53.4 Å². The largest absolute Gasteiger partial charge is 0.324 e. The van der Waals surface area contributed by atoms with Crippen molar-refractivity contribution in [2.75, 3.05) is 44.3 Å². The number of piperazine rings is 1. The van der Waals surface area contributed by atoms with Gasteiger partial charge in [0.05, 0.1) is 17.1 Å². The summed E-state index contributed by atoms with van der Waals surface area (Å²) in [4.78, 5) is 17.0. The second-order valence-electron chi connectivity index (χ2n) is 7.36. The van der Waals surface area contributed by atoms with Crippen molar-refractivity contribution in [3.63, 3.8) is 0 Å². The molecule has 6 nitrogen and oxygen atoms in total. The molecule has 0 aromatic heterocycles. The van der Waals surface area contributed by atoms with E-state index in [1.54, 1.807) is 18.2 Å². The average Bonchev–Trinajstić information content (AvgIpc) is 2.63. The number of aryl methyl sites for hydroxylation is 1. The fraction of sp³-hybridized carbons (Fsp3) is 0.381. The SMILES string of the molecule is Cc1cccc(CN2CCN(CC(=O)Nc3ccccc3S(C)(=O)=O)CC2)c1. The van der Waals surface area contributed by atoms with Gasteiger partial charge in [-0.2, -0.15) is 0 Å². The van der Waals surface area contributed by atoms with E-state index < -0.39 is 9.84 Å². The quantitative estimate of drug-likeness (QED) is 0.803. The van der Waals surface area contributed by atoms with Gasteiger partial charge in [0.25, 0.3) is 0 Å². The van der Waals surface area contributed by atoms with Gasteiger partial charge >= 0.3 is 0 Å². The summed E-state index contributed by atoms with van der Waals surface area (Å²) in [6.45, 7) is 6.71. The van der Waals surface area contributed by atoms with E-state index in [-0.39, 0.29) is 17.3 Å². The van der Waals surface area contributed by atoms with E-state index >= 15 is 0 Å². The van der Waals surface area contributed by atoms with Crippen LogP contribution in [0.25, 0.3) is 0 Å². The van der Waals surface area contributed by atoms with Gasteiger partial charge in [0.15, 0.2) is 9.84 Å². The normalized spacial score (nSPS) is 16.1. The maximum absolute atomic E-state index is 12.4. The maximum atomic E-state index is 12.4. The molecule has 28 heavy (non-hydrogen) atoms. The van der Waals surface area contributed by atoms with E-state index in [4.69, 9.17) is 0 Å². The fourth-order valence-electron chi connectivity index (χ4n) is 3.46. The summed E-state index contributed by atoms with van der Waals surface area (Å²) in [7, 11) is -3.39. The smallest absolute Gasteiger partial charge is 0.238 e. The van der Waals surface area contributed by atoms with E-state index in [9.17, 15) is 13.2 Å². The number of benzene rings is 2. The fourth-order valence-corrected chi connectivity index (χ4v) is 4.30. The molecule has 0 atom stereocenters. The molecule has 0 bridgehead atoms. The molecule has 7 heteroatoms. The Morgan fingerprint density at radius 3 is 2.36 bits per heavy atom. The molecule has 0 saturated carbocycles. The first-order chi connectivity index (χ1) is 13.3. The molecule has 1 aliphatic rings. The molecule has 0 aliphatic carbocycles. The Labute approximate surface area is 167 Å². The van der Waals surface area contributed by atoms with E-state index in [1.165, 1.54) is 17.2 Å². The molecule has 1 heterocycles. The van der Waals surface area contributed by atoms with Crippen LogP contribution in [0.3, 0.4) is 0 Å². The number of rotatable bonds is 6. The highest BCUT2D eigenvalue weighted by Crippen LogP contribution is 2.20. The van der Waals surface area contributed by atoms with E-state index in [0.717, 1.165) is 39.0 Å². The molecule has 0 spiro atoms. The van der Waals surface area contributed by atoms with Gasteiger partial charge in [-0.15, -0.1) is 0 Å². The van der Waals surface area contributed by atoms with Gasteiger partial charge in [-0.05, 0) is 24.6 Å². The van der Waals surface area contributed by atoms with Crippen molar-refractivity contribution in [1.82, 2.24) is 9.80 Å². The third kappa shape index (κ3) is 5.64. The molecule has 0 unspecified atom stereocenters. The number of para-hydroxylation sites is 1. The van der Waals surface area contributed by atoms with Crippen LogP contribution >= 0.6 is 0 Å². The Hall–Kier alpha value is -2.22. The number of hydrogen-bond donors (Lipinski definition) is 1. The zero-order valence-electron chi connectivity index (χ0n) is 16.4. The monoisotopic (exact) mass is 401 g/mol. The van der Waals surface area contributed by atoms with Crippen LogP contribution in [0.2, 0.25) is 0 Å². The third-order valence-electron chi connectivity index (χ3n) is 4.88. The Morgan fingerprint density at radius 1 is 1.00 bits per heavy atom. The van der Waals surface area contributed by atoms with Gasteiger partial charge in [-0.1, -0.05) is 42.0 Å². The molecule has 2 aromatic carbocycles. The standard InChI is InChI=1S/C21H27N3O3S/c1-17-6-5-7-18(14-17)15-23-10-12-24(13-11-23)16-21(25)22-19-8-3-4-9-20(19)28(2,26)27/h3-9,14H,10-13,15-16H2,1-2H3,(H,22,25). The van der Waals surface area contributed by atoms with Gasteiger partial charge in [-0.25, -0.2) is 8.42 Å². The average molecular weight is 402 g/mol. The minimum Gasteiger partial charge on any atom is -0.324 e. The van der Waals surface area contributed by atoms with Gasteiger partial charge in [-0.3, -0.25) is 14.6 Å². The minimum absolute atomic E-state index is 0.145. The highest BCUT2D eigenvalue weighted by molar-refractivity contribution is 7.90. The zero-order valence-corrected chi connectivity index (χ0v) is 17.2. The number of sulfone groups is 1. The van der Waals surface area contributed by atoms with Crippen LogP contribution < -0.4 is 5.32 Å². The van der Waals surface area contributed by atoms with Crippen molar-refractivity contribution in [3.8, 4) is 0 Å². The Kier molecular flexibility index (Phi) is 6.49. The number of amides is 1. The second kappa shape index (κ2) is 8.86. The lowest BCUT2D eigenvalue weighted by molar-refractivity contribution is -0.117. The maximum Gasteiger partial charge on any atom is 0.238 e. The first-order valence-electron chi connectivity index (χ1n) is 9.40. The highest BCUT2D eigenvalue weighted by Gasteiger charge is 2.20. The van der Waals surface area contributed by atoms with Gasteiger partial charge in [0.1, 0.15) is 0 Å². The lowest BCUT2D eigenvalue weighted by Crippen LogP contribution is -2.48. The number of nitrogens with one attached hydrogen (secondary N) is 1. The van der Waals surface area contributed by atoms with Crippen molar-refractivity contribution >= 4 is 21.4 Å². The summed E-state index contributed by atoms with van der Waals surface area (Å²) in [5.41, 5.74) is 2.92. The molecular formula is C21H27N3O3S. The van der Waals surface area contributed by atoms with Gasteiger partial charge in [0.2, 0.25) is 5.91 Å². The number of nitrogens with zero attached hydrogens (tertiary/aromatic N) is 2. The van der Waals surface area contributed by atoms with E-state index in [0.29, 0.717) is 5.69 Å². The summed E-state index contributed by atoms with van der Waals surface area (Å²) >= 11 is 0. The molecule has 1 saturated heterocycles. The second-order valence-corrected chi connectivity index (χ2v) is 9.34. The van der Waals surface area contributed by atoms with Crippen LogP contribution in [0, 0.1) is 6.92 Å². The van der Waals surface area contributed by atoms with Crippen molar-refractivity contribution < 1.29 is 13.2 Å². The highest BCUT2D eigenvalue weighted by atomic mass is 32.2. The Bertz CT molecular complexity index is 935. The number of hydrogen-bond acceptors (Lipinski definition) is 5. The Morgan fingerprint density at radius 2 is 1.68 bits per heavy atom. The molecule has 3 rings (SSSR count). The van der Waals surface area contributed by atoms with Crippen molar-refractivity contribution in [1.29, 1.82) is 0 Å². The molecular weight excluding hydrogens is 374 g/mol. The van der Waals surface area contributed by atoms with Gasteiger partial charge < -0.3 is 5.32 Å². The number of carbonyl (C=O) groups excluding carboxylic acids is 1. The van der Waals surface area contributed by atoms with Crippen LogP contribution in [0.1, 0.15) is 11.1 Å². The summed E-state index contributed by atoms with van der Waals surface area (Å²) in [6, 6.07) is 15.0. The summed E-state index contributed by atoms with van der Waals surface area (Å²) in [5.74, 6) is -0.191. The van der Waals surface area contributed by atoms with Crippen molar-refractivity contribution in [2.45, 2.75) is 18.4 Å². The van der Waals surface area contributed by atoms with Crippen molar-refractivity contribution in [2.24, 2.45) is 0 Å². The molecule has 2 aromatic rings.